The molecule has 4 nitrogen and oxygen atoms in total. The smallest absolute Gasteiger partial charge is 0.0701 e. The van der Waals surface area contributed by atoms with Crippen LogP contribution in [0.15, 0.2) is 0 Å². The summed E-state index contributed by atoms with van der Waals surface area (Å²) in [7, 11) is 1.67. The minimum atomic E-state index is 0.284. The molecular formula is C16H33BrO4. The van der Waals surface area contributed by atoms with E-state index in [9.17, 15) is 0 Å². The third kappa shape index (κ3) is 11.5. The summed E-state index contributed by atoms with van der Waals surface area (Å²) >= 11 is 3.66. The highest BCUT2D eigenvalue weighted by molar-refractivity contribution is 9.09. The Kier molecular flexibility index (Phi) is 15.5. The van der Waals surface area contributed by atoms with Gasteiger partial charge < -0.3 is 18.9 Å². The van der Waals surface area contributed by atoms with Crippen molar-refractivity contribution in [2.24, 2.45) is 5.41 Å². The van der Waals surface area contributed by atoms with Crippen molar-refractivity contribution in [1.29, 1.82) is 0 Å². The fourth-order valence-electron chi connectivity index (χ4n) is 2.37. The van der Waals surface area contributed by atoms with Gasteiger partial charge in [0.15, 0.2) is 0 Å². The number of rotatable bonds is 16. The van der Waals surface area contributed by atoms with Crippen LogP contribution in [0.25, 0.3) is 0 Å². The average Bonchev–Trinajstić information content (AvgIpc) is 2.49. The van der Waals surface area contributed by atoms with Crippen LogP contribution in [0.1, 0.15) is 39.5 Å². The highest BCUT2D eigenvalue weighted by atomic mass is 79.9. The van der Waals surface area contributed by atoms with Gasteiger partial charge in [-0.3, -0.25) is 0 Å². The van der Waals surface area contributed by atoms with Crippen LogP contribution < -0.4 is 0 Å². The van der Waals surface area contributed by atoms with Gasteiger partial charge in [-0.1, -0.05) is 42.6 Å². The Hall–Kier alpha value is 0.320. The first-order valence-electron chi connectivity index (χ1n) is 8.02. The second-order valence-electron chi connectivity index (χ2n) is 5.40. The molecule has 0 heterocycles. The van der Waals surface area contributed by atoms with Crippen LogP contribution in [-0.4, -0.2) is 58.7 Å². The summed E-state index contributed by atoms with van der Waals surface area (Å²) in [5.74, 6) is 0. The summed E-state index contributed by atoms with van der Waals surface area (Å²) in [6.07, 6.45) is 4.81. The highest BCUT2D eigenvalue weighted by Crippen LogP contribution is 2.32. The number of halogens is 1. The van der Waals surface area contributed by atoms with Gasteiger partial charge in [0, 0.05) is 17.9 Å². The van der Waals surface area contributed by atoms with E-state index in [0.29, 0.717) is 39.6 Å². The van der Waals surface area contributed by atoms with Gasteiger partial charge in [0.05, 0.1) is 46.2 Å². The fourth-order valence-corrected chi connectivity index (χ4v) is 3.10. The van der Waals surface area contributed by atoms with Crippen LogP contribution in [0.3, 0.4) is 0 Å². The molecule has 0 aliphatic heterocycles. The van der Waals surface area contributed by atoms with Gasteiger partial charge in [-0.05, 0) is 12.8 Å². The van der Waals surface area contributed by atoms with E-state index in [0.717, 1.165) is 11.9 Å². The Morgan fingerprint density at radius 2 is 1.24 bits per heavy atom. The maximum atomic E-state index is 5.82. The van der Waals surface area contributed by atoms with Gasteiger partial charge in [0.25, 0.3) is 0 Å². The van der Waals surface area contributed by atoms with Crippen LogP contribution >= 0.6 is 15.9 Å². The lowest BCUT2D eigenvalue weighted by Gasteiger charge is -2.31. The van der Waals surface area contributed by atoms with Crippen molar-refractivity contribution in [3.05, 3.63) is 0 Å². The largest absolute Gasteiger partial charge is 0.382 e. The Morgan fingerprint density at radius 3 is 1.67 bits per heavy atom. The number of methoxy groups -OCH3 is 1. The van der Waals surface area contributed by atoms with Crippen LogP contribution in [0.5, 0.6) is 0 Å². The molecule has 0 fully saturated rings. The van der Waals surface area contributed by atoms with Gasteiger partial charge >= 0.3 is 0 Å². The molecule has 0 aliphatic carbocycles. The zero-order chi connectivity index (χ0) is 15.8. The Labute approximate surface area is 139 Å². The lowest BCUT2D eigenvalue weighted by Crippen LogP contribution is -2.29. The number of hydrogen-bond donors (Lipinski definition) is 0. The third-order valence-corrected chi connectivity index (χ3v) is 4.62. The molecule has 0 saturated carbocycles. The fraction of sp³-hybridized carbons (Fsp3) is 1.00. The molecular weight excluding hydrogens is 336 g/mol. The molecule has 0 rings (SSSR count). The normalized spacial score (nSPS) is 12.0. The van der Waals surface area contributed by atoms with Crippen LogP contribution in [0, 0.1) is 5.41 Å². The Morgan fingerprint density at radius 1 is 0.762 bits per heavy atom. The lowest BCUT2D eigenvalue weighted by atomic mass is 9.82. The van der Waals surface area contributed by atoms with Crippen molar-refractivity contribution in [3.63, 3.8) is 0 Å². The van der Waals surface area contributed by atoms with E-state index in [1.165, 1.54) is 25.7 Å². The Bertz CT molecular complexity index is 208. The molecule has 0 atom stereocenters. The van der Waals surface area contributed by atoms with Gasteiger partial charge in [-0.15, -0.1) is 0 Å². The van der Waals surface area contributed by atoms with Gasteiger partial charge in [-0.2, -0.15) is 0 Å². The SMILES string of the molecule is CCCC(CBr)(CCC)COCCOCCOCCOC. The van der Waals surface area contributed by atoms with Crippen molar-refractivity contribution in [3.8, 4) is 0 Å². The van der Waals surface area contributed by atoms with Crippen molar-refractivity contribution in [1.82, 2.24) is 0 Å². The van der Waals surface area contributed by atoms with Gasteiger partial charge in [-0.25, -0.2) is 0 Å². The molecule has 128 valence electrons. The minimum absolute atomic E-state index is 0.284. The number of hydrogen-bond acceptors (Lipinski definition) is 4. The molecule has 5 heteroatoms. The van der Waals surface area contributed by atoms with Gasteiger partial charge in [0.2, 0.25) is 0 Å². The van der Waals surface area contributed by atoms with Crippen molar-refractivity contribution >= 4 is 15.9 Å². The summed E-state index contributed by atoms with van der Waals surface area (Å²) in [6, 6.07) is 0. The second-order valence-corrected chi connectivity index (χ2v) is 5.96. The van der Waals surface area contributed by atoms with E-state index in [2.05, 4.69) is 29.8 Å². The van der Waals surface area contributed by atoms with Crippen LogP contribution in [-0.2, 0) is 18.9 Å². The van der Waals surface area contributed by atoms with Crippen molar-refractivity contribution in [2.75, 3.05) is 58.7 Å². The summed E-state index contributed by atoms with van der Waals surface area (Å²) in [5, 5.41) is 1.01. The summed E-state index contributed by atoms with van der Waals surface area (Å²) in [5.41, 5.74) is 0.284. The predicted molar refractivity (Wildman–Crippen MR) is 90.4 cm³/mol. The Balaban J connectivity index is 3.57. The molecule has 0 aromatic rings. The topological polar surface area (TPSA) is 36.9 Å². The monoisotopic (exact) mass is 368 g/mol. The van der Waals surface area contributed by atoms with Crippen molar-refractivity contribution in [2.45, 2.75) is 39.5 Å². The molecule has 0 unspecified atom stereocenters. The zero-order valence-corrected chi connectivity index (χ0v) is 15.6. The molecule has 0 aromatic heterocycles. The van der Waals surface area contributed by atoms with Crippen LogP contribution in [0.4, 0.5) is 0 Å². The minimum Gasteiger partial charge on any atom is -0.382 e. The van der Waals surface area contributed by atoms with E-state index < -0.39 is 0 Å². The van der Waals surface area contributed by atoms with Gasteiger partial charge in [0.1, 0.15) is 0 Å². The molecule has 0 N–H and O–H groups in total. The molecule has 0 aromatic carbocycles. The first-order chi connectivity index (χ1) is 10.2. The van der Waals surface area contributed by atoms with E-state index in [4.69, 9.17) is 18.9 Å². The quantitative estimate of drug-likeness (QED) is 0.307. The molecule has 0 amide bonds. The number of ether oxygens (including phenoxy) is 4. The van der Waals surface area contributed by atoms with E-state index in [1.807, 2.05) is 0 Å². The summed E-state index contributed by atoms with van der Waals surface area (Å²) in [4.78, 5) is 0. The summed E-state index contributed by atoms with van der Waals surface area (Å²) in [6.45, 7) is 9.05. The molecule has 0 spiro atoms. The first-order valence-corrected chi connectivity index (χ1v) is 9.15. The van der Waals surface area contributed by atoms with E-state index >= 15 is 0 Å². The maximum Gasteiger partial charge on any atom is 0.0701 e. The molecule has 21 heavy (non-hydrogen) atoms. The number of alkyl halides is 1. The molecule has 0 saturated heterocycles. The predicted octanol–water partition coefficient (Wildman–Crippen LogP) is 3.66. The lowest BCUT2D eigenvalue weighted by molar-refractivity contribution is -0.0141. The average molecular weight is 369 g/mol. The van der Waals surface area contributed by atoms with Crippen molar-refractivity contribution < 1.29 is 18.9 Å². The second kappa shape index (κ2) is 15.2. The highest BCUT2D eigenvalue weighted by Gasteiger charge is 2.27. The van der Waals surface area contributed by atoms with E-state index in [1.54, 1.807) is 7.11 Å². The molecule has 0 bridgehead atoms. The van der Waals surface area contributed by atoms with E-state index in [-0.39, 0.29) is 5.41 Å². The maximum absolute atomic E-state index is 5.82. The first kappa shape index (κ1) is 21.3. The van der Waals surface area contributed by atoms with Crippen LogP contribution in [0.2, 0.25) is 0 Å². The standard InChI is InChI=1S/C16H33BrO4/c1-4-6-16(14-17,7-5-2)15-21-13-12-20-11-10-19-9-8-18-3/h4-15H2,1-3H3. The zero-order valence-electron chi connectivity index (χ0n) is 14.0. The molecule has 0 aliphatic rings. The third-order valence-electron chi connectivity index (χ3n) is 3.43. The molecule has 0 radical (unpaired) electrons. The summed E-state index contributed by atoms with van der Waals surface area (Å²) < 4.78 is 21.5.